The Morgan fingerprint density at radius 1 is 1.35 bits per heavy atom. The molecule has 0 radical (unpaired) electrons. The standard InChI is InChI=1S/C9H5F5O3/c10-4-2-1-3-5(6(4)7(15)16)17-9(13,14)8(11)12/h1-3,8H,(H,15,16). The average molecular weight is 256 g/mol. The Morgan fingerprint density at radius 3 is 2.41 bits per heavy atom. The minimum atomic E-state index is -4.89. The zero-order valence-electron chi connectivity index (χ0n) is 7.96. The van der Waals surface area contributed by atoms with Crippen LogP contribution in [0.4, 0.5) is 22.0 Å². The van der Waals surface area contributed by atoms with Crippen molar-refractivity contribution in [1.82, 2.24) is 0 Å². The lowest BCUT2D eigenvalue weighted by atomic mass is 10.2. The van der Waals surface area contributed by atoms with E-state index in [0.717, 1.165) is 6.07 Å². The molecule has 1 N–H and O–H groups in total. The number of aromatic carboxylic acids is 1. The van der Waals surface area contributed by atoms with Crippen LogP contribution in [0, 0.1) is 5.82 Å². The highest BCUT2D eigenvalue weighted by Crippen LogP contribution is 2.30. The molecule has 0 fully saturated rings. The molecule has 17 heavy (non-hydrogen) atoms. The van der Waals surface area contributed by atoms with Gasteiger partial charge in [-0.1, -0.05) is 6.07 Å². The van der Waals surface area contributed by atoms with Crippen molar-refractivity contribution in [3.8, 4) is 5.75 Å². The highest BCUT2D eigenvalue weighted by Gasteiger charge is 2.44. The lowest BCUT2D eigenvalue weighted by molar-refractivity contribution is -0.253. The lowest BCUT2D eigenvalue weighted by Gasteiger charge is -2.18. The predicted octanol–water partition coefficient (Wildman–Crippen LogP) is 2.76. The molecule has 0 aliphatic rings. The molecule has 0 aliphatic carbocycles. The molecule has 0 saturated heterocycles. The molecule has 0 atom stereocenters. The molecule has 0 amide bonds. The second-order valence-electron chi connectivity index (χ2n) is 2.88. The number of hydrogen-bond acceptors (Lipinski definition) is 2. The quantitative estimate of drug-likeness (QED) is 0.842. The zero-order valence-corrected chi connectivity index (χ0v) is 7.96. The van der Waals surface area contributed by atoms with Crippen molar-refractivity contribution in [2.75, 3.05) is 0 Å². The van der Waals surface area contributed by atoms with Gasteiger partial charge in [0, 0.05) is 0 Å². The minimum Gasteiger partial charge on any atom is -0.477 e. The summed E-state index contributed by atoms with van der Waals surface area (Å²) in [6.07, 6.45) is -9.05. The van der Waals surface area contributed by atoms with Crippen molar-refractivity contribution in [2.45, 2.75) is 12.5 Å². The second-order valence-corrected chi connectivity index (χ2v) is 2.88. The van der Waals surface area contributed by atoms with Gasteiger partial charge in [0.15, 0.2) is 0 Å². The molecule has 0 bridgehead atoms. The van der Waals surface area contributed by atoms with Crippen LogP contribution in [0.2, 0.25) is 0 Å². The molecular formula is C9H5F5O3. The molecule has 1 rings (SSSR count). The first-order chi connectivity index (χ1) is 7.75. The van der Waals surface area contributed by atoms with Crippen LogP contribution in [-0.4, -0.2) is 23.6 Å². The predicted molar refractivity (Wildman–Crippen MR) is 44.9 cm³/mol. The Hall–Kier alpha value is -1.86. The summed E-state index contributed by atoms with van der Waals surface area (Å²) in [5.41, 5.74) is -1.23. The Labute approximate surface area is 91.4 Å². The van der Waals surface area contributed by atoms with Crippen molar-refractivity contribution in [1.29, 1.82) is 0 Å². The highest BCUT2D eigenvalue weighted by molar-refractivity contribution is 5.91. The summed E-state index contributed by atoms with van der Waals surface area (Å²) >= 11 is 0. The molecule has 94 valence electrons. The van der Waals surface area contributed by atoms with E-state index >= 15 is 0 Å². The van der Waals surface area contributed by atoms with E-state index in [9.17, 15) is 26.7 Å². The average Bonchev–Trinajstić information content (AvgIpc) is 2.15. The van der Waals surface area contributed by atoms with Gasteiger partial charge in [-0.3, -0.25) is 0 Å². The monoisotopic (exact) mass is 256 g/mol. The summed E-state index contributed by atoms with van der Waals surface area (Å²) in [7, 11) is 0. The number of ether oxygens (including phenoxy) is 1. The molecule has 0 aromatic heterocycles. The Balaban J connectivity index is 3.15. The van der Waals surface area contributed by atoms with E-state index in [1.54, 1.807) is 0 Å². The van der Waals surface area contributed by atoms with Gasteiger partial charge in [-0.25, -0.2) is 9.18 Å². The number of hydrogen-bond donors (Lipinski definition) is 1. The van der Waals surface area contributed by atoms with E-state index in [-0.39, 0.29) is 0 Å². The molecule has 0 aliphatic heterocycles. The number of halogens is 5. The second kappa shape index (κ2) is 4.56. The highest BCUT2D eigenvalue weighted by atomic mass is 19.3. The summed E-state index contributed by atoms with van der Waals surface area (Å²) < 4.78 is 65.2. The molecular weight excluding hydrogens is 251 g/mol. The fraction of sp³-hybridized carbons (Fsp3) is 0.222. The first kappa shape index (κ1) is 13.2. The van der Waals surface area contributed by atoms with Gasteiger partial charge in [0.2, 0.25) is 0 Å². The van der Waals surface area contributed by atoms with E-state index in [1.807, 2.05) is 0 Å². The third-order valence-electron chi connectivity index (χ3n) is 1.69. The Morgan fingerprint density at radius 2 is 1.94 bits per heavy atom. The molecule has 1 aromatic rings. The molecule has 0 unspecified atom stereocenters. The largest absolute Gasteiger partial charge is 0.477 e. The molecule has 3 nitrogen and oxygen atoms in total. The van der Waals surface area contributed by atoms with Crippen LogP contribution in [0.15, 0.2) is 18.2 Å². The maximum Gasteiger partial charge on any atom is 0.461 e. The number of carbonyl (C=O) groups is 1. The van der Waals surface area contributed by atoms with Crippen LogP contribution >= 0.6 is 0 Å². The summed E-state index contributed by atoms with van der Waals surface area (Å²) in [4.78, 5) is 10.5. The van der Waals surface area contributed by atoms with Gasteiger partial charge in [0.05, 0.1) is 0 Å². The van der Waals surface area contributed by atoms with Crippen molar-refractivity contribution in [2.24, 2.45) is 0 Å². The topological polar surface area (TPSA) is 46.5 Å². The molecule has 0 saturated carbocycles. The van der Waals surface area contributed by atoms with E-state index < -0.39 is 35.6 Å². The van der Waals surface area contributed by atoms with Gasteiger partial charge >= 0.3 is 18.5 Å². The van der Waals surface area contributed by atoms with Crippen molar-refractivity contribution in [3.63, 3.8) is 0 Å². The lowest BCUT2D eigenvalue weighted by Crippen LogP contribution is -2.34. The van der Waals surface area contributed by atoms with Gasteiger partial charge < -0.3 is 9.84 Å². The minimum absolute atomic E-state index is 0.656. The fourth-order valence-corrected chi connectivity index (χ4v) is 0.988. The summed E-state index contributed by atoms with van der Waals surface area (Å²) in [6, 6.07) is 2.19. The van der Waals surface area contributed by atoms with E-state index in [4.69, 9.17) is 5.11 Å². The van der Waals surface area contributed by atoms with E-state index in [2.05, 4.69) is 4.74 Å². The molecule has 8 heteroatoms. The maximum atomic E-state index is 13.0. The van der Waals surface area contributed by atoms with Crippen LogP contribution in [0.3, 0.4) is 0 Å². The van der Waals surface area contributed by atoms with Crippen LogP contribution < -0.4 is 4.74 Å². The number of benzene rings is 1. The molecule has 0 spiro atoms. The van der Waals surface area contributed by atoms with Crippen LogP contribution in [0.5, 0.6) is 5.75 Å². The fourth-order valence-electron chi connectivity index (χ4n) is 0.988. The van der Waals surface area contributed by atoms with Gasteiger partial charge in [0.25, 0.3) is 0 Å². The van der Waals surface area contributed by atoms with Gasteiger partial charge in [-0.15, -0.1) is 0 Å². The summed E-state index contributed by atoms with van der Waals surface area (Å²) in [5.74, 6) is -4.42. The van der Waals surface area contributed by atoms with Crippen LogP contribution in [0.1, 0.15) is 10.4 Å². The molecule has 0 heterocycles. The number of carboxylic acid groups (broad SMARTS) is 1. The van der Waals surface area contributed by atoms with Crippen molar-refractivity contribution >= 4 is 5.97 Å². The summed E-state index contributed by atoms with van der Waals surface area (Å²) in [6.45, 7) is 0. The van der Waals surface area contributed by atoms with Gasteiger partial charge in [-0.2, -0.15) is 17.6 Å². The smallest absolute Gasteiger partial charge is 0.461 e. The van der Waals surface area contributed by atoms with Gasteiger partial charge in [-0.05, 0) is 12.1 Å². The number of alkyl halides is 4. The Kier molecular flexibility index (Phi) is 3.54. The maximum absolute atomic E-state index is 13.0. The molecule has 1 aromatic carbocycles. The number of carboxylic acids is 1. The first-order valence-electron chi connectivity index (χ1n) is 4.12. The van der Waals surface area contributed by atoms with E-state index in [1.165, 1.54) is 0 Å². The van der Waals surface area contributed by atoms with Gasteiger partial charge in [0.1, 0.15) is 17.1 Å². The van der Waals surface area contributed by atoms with Crippen LogP contribution in [-0.2, 0) is 0 Å². The third-order valence-corrected chi connectivity index (χ3v) is 1.69. The third kappa shape index (κ3) is 2.83. The van der Waals surface area contributed by atoms with Crippen LogP contribution in [0.25, 0.3) is 0 Å². The SMILES string of the molecule is O=C(O)c1c(F)cccc1OC(F)(F)C(F)F. The normalized spacial score (nSPS) is 11.6. The zero-order chi connectivity index (χ0) is 13.2. The summed E-state index contributed by atoms with van der Waals surface area (Å²) in [5, 5.41) is 8.53. The van der Waals surface area contributed by atoms with E-state index in [0.29, 0.717) is 12.1 Å². The first-order valence-corrected chi connectivity index (χ1v) is 4.12. The Bertz CT molecular complexity index is 433. The number of rotatable bonds is 4. The van der Waals surface area contributed by atoms with Crippen molar-refractivity contribution in [3.05, 3.63) is 29.6 Å². The van der Waals surface area contributed by atoms with Crippen molar-refractivity contribution < 1.29 is 36.6 Å².